The number of sulfonamides is 1. The van der Waals surface area contributed by atoms with E-state index in [0.717, 1.165) is 27.3 Å². The minimum atomic E-state index is -3.60. The first-order valence-electron chi connectivity index (χ1n) is 8.88. The Morgan fingerprint density at radius 2 is 1.37 bits per heavy atom. The molecule has 138 valence electrons. The predicted octanol–water partition coefficient (Wildman–Crippen LogP) is 4.99. The van der Waals surface area contributed by atoms with E-state index < -0.39 is 10.0 Å². The third-order valence-electron chi connectivity index (χ3n) is 4.83. The number of hydrogen-bond acceptors (Lipinski definition) is 3. The van der Waals surface area contributed by atoms with Gasteiger partial charge in [-0.25, -0.2) is 8.42 Å². The van der Waals surface area contributed by atoms with E-state index in [1.54, 1.807) is 28.2 Å². The molecule has 0 bridgehead atoms. The summed E-state index contributed by atoms with van der Waals surface area (Å²) in [6, 6.07) is 23.3. The number of benzene rings is 3. The smallest absolute Gasteiger partial charge is 0.207 e. The van der Waals surface area contributed by atoms with Gasteiger partial charge in [-0.1, -0.05) is 60.2 Å². The summed E-state index contributed by atoms with van der Waals surface area (Å²) in [4.78, 5) is 1.48. The Labute approximate surface area is 165 Å². The van der Waals surface area contributed by atoms with Crippen LogP contribution < -0.4 is 0 Å². The molecule has 0 saturated carbocycles. The second-order valence-electron chi connectivity index (χ2n) is 6.75. The Kier molecular flexibility index (Phi) is 5.08. The fourth-order valence-corrected chi connectivity index (χ4v) is 5.73. The Morgan fingerprint density at radius 3 is 2.11 bits per heavy atom. The van der Waals surface area contributed by atoms with Crippen molar-refractivity contribution in [2.45, 2.75) is 35.6 Å². The van der Waals surface area contributed by atoms with Gasteiger partial charge in [-0.3, -0.25) is 0 Å². The molecule has 0 N–H and O–H groups in total. The van der Waals surface area contributed by atoms with Crippen LogP contribution in [0, 0.1) is 6.92 Å². The van der Waals surface area contributed by atoms with Crippen molar-refractivity contribution >= 4 is 21.8 Å². The third-order valence-corrected chi connectivity index (χ3v) is 7.80. The number of rotatable bonds is 2. The van der Waals surface area contributed by atoms with Crippen molar-refractivity contribution in [3.63, 3.8) is 0 Å². The predicted molar refractivity (Wildman–Crippen MR) is 110 cm³/mol. The lowest BCUT2D eigenvalue weighted by molar-refractivity contribution is 0.398. The Hall–Kier alpha value is -2.08. The van der Waals surface area contributed by atoms with E-state index in [1.165, 1.54) is 5.56 Å². The molecule has 3 nitrogen and oxygen atoms in total. The standard InChI is InChI=1S/C22H21NO2S2/c1-17-10-12-21(13-11-17)27(24,25)23-14-18-6-2-3-8-20(18)16-26-22-9-5-4-7-19(22)15-23/h2-13H,14-16H2,1H3. The molecular weight excluding hydrogens is 374 g/mol. The summed E-state index contributed by atoms with van der Waals surface area (Å²) in [5.74, 6) is 0.839. The SMILES string of the molecule is Cc1ccc(S(=O)(=O)N2Cc3ccccc3CSc3ccccc3C2)cc1. The summed E-state index contributed by atoms with van der Waals surface area (Å²) in [5.41, 5.74) is 4.34. The van der Waals surface area contributed by atoms with Gasteiger partial charge in [0.1, 0.15) is 0 Å². The zero-order valence-electron chi connectivity index (χ0n) is 15.1. The minimum Gasteiger partial charge on any atom is -0.207 e. The summed E-state index contributed by atoms with van der Waals surface area (Å²) in [6.45, 7) is 2.70. The van der Waals surface area contributed by atoms with Gasteiger partial charge in [0.15, 0.2) is 0 Å². The van der Waals surface area contributed by atoms with E-state index in [9.17, 15) is 8.42 Å². The first-order chi connectivity index (χ1) is 13.0. The van der Waals surface area contributed by atoms with Crippen LogP contribution in [0.2, 0.25) is 0 Å². The van der Waals surface area contributed by atoms with E-state index in [-0.39, 0.29) is 0 Å². The zero-order valence-corrected chi connectivity index (χ0v) is 16.8. The average Bonchev–Trinajstić information content (AvgIpc) is 2.75. The molecule has 3 aromatic carbocycles. The Bertz CT molecular complexity index is 1010. The molecule has 0 amide bonds. The number of hydrogen-bond donors (Lipinski definition) is 0. The van der Waals surface area contributed by atoms with Crippen molar-refractivity contribution in [3.8, 4) is 0 Å². The lowest BCUT2D eigenvalue weighted by atomic mass is 10.1. The molecule has 1 heterocycles. The van der Waals surface area contributed by atoms with Gasteiger partial charge in [0.2, 0.25) is 10.0 Å². The van der Waals surface area contributed by atoms with Crippen LogP contribution in [0.4, 0.5) is 0 Å². The van der Waals surface area contributed by atoms with Gasteiger partial charge in [0.05, 0.1) is 4.90 Å². The largest absolute Gasteiger partial charge is 0.243 e. The first-order valence-corrected chi connectivity index (χ1v) is 11.3. The van der Waals surface area contributed by atoms with Crippen LogP contribution in [-0.2, 0) is 28.9 Å². The lowest BCUT2D eigenvalue weighted by Gasteiger charge is -2.23. The van der Waals surface area contributed by atoms with Crippen molar-refractivity contribution in [2.75, 3.05) is 0 Å². The molecule has 27 heavy (non-hydrogen) atoms. The molecule has 3 aromatic rings. The summed E-state index contributed by atoms with van der Waals surface area (Å²) >= 11 is 1.77. The van der Waals surface area contributed by atoms with Gasteiger partial charge >= 0.3 is 0 Å². The van der Waals surface area contributed by atoms with E-state index in [1.807, 2.05) is 55.5 Å². The summed E-state index contributed by atoms with van der Waals surface area (Å²) in [6.07, 6.45) is 0. The monoisotopic (exact) mass is 395 g/mol. The molecular formula is C22H21NO2S2. The van der Waals surface area contributed by atoms with Crippen LogP contribution >= 0.6 is 11.8 Å². The minimum absolute atomic E-state index is 0.343. The Morgan fingerprint density at radius 1 is 0.778 bits per heavy atom. The average molecular weight is 396 g/mol. The van der Waals surface area contributed by atoms with Crippen LogP contribution in [0.1, 0.15) is 22.3 Å². The van der Waals surface area contributed by atoms with Gasteiger partial charge in [-0.15, -0.1) is 11.8 Å². The quantitative estimate of drug-likeness (QED) is 0.613. The lowest BCUT2D eigenvalue weighted by Crippen LogP contribution is -2.30. The molecule has 1 aliphatic rings. The first kappa shape index (κ1) is 18.3. The molecule has 0 aliphatic carbocycles. The van der Waals surface area contributed by atoms with Crippen molar-refractivity contribution in [1.29, 1.82) is 0 Å². The fraction of sp³-hybridized carbons (Fsp3) is 0.182. The maximum Gasteiger partial charge on any atom is 0.243 e. The van der Waals surface area contributed by atoms with Gasteiger partial charge in [0.25, 0.3) is 0 Å². The molecule has 0 unspecified atom stereocenters. The molecule has 4 rings (SSSR count). The van der Waals surface area contributed by atoms with Crippen LogP contribution in [-0.4, -0.2) is 12.7 Å². The zero-order chi connectivity index (χ0) is 18.9. The number of aryl methyl sites for hydroxylation is 1. The fourth-order valence-electron chi connectivity index (χ4n) is 3.25. The molecule has 1 aliphatic heterocycles. The van der Waals surface area contributed by atoms with Crippen LogP contribution in [0.15, 0.2) is 82.6 Å². The highest BCUT2D eigenvalue weighted by Crippen LogP contribution is 2.33. The topological polar surface area (TPSA) is 37.4 Å². The van der Waals surface area contributed by atoms with Crippen LogP contribution in [0.25, 0.3) is 0 Å². The molecule has 0 spiro atoms. The highest BCUT2D eigenvalue weighted by molar-refractivity contribution is 7.98. The summed E-state index contributed by atoms with van der Waals surface area (Å²) in [7, 11) is -3.60. The van der Waals surface area contributed by atoms with Crippen molar-refractivity contribution in [3.05, 3.63) is 95.1 Å². The number of nitrogens with zero attached hydrogens (tertiary/aromatic N) is 1. The van der Waals surface area contributed by atoms with Gasteiger partial charge < -0.3 is 0 Å². The third kappa shape index (κ3) is 3.81. The highest BCUT2D eigenvalue weighted by atomic mass is 32.2. The number of fused-ring (bicyclic) bond motifs is 2. The van der Waals surface area contributed by atoms with Crippen molar-refractivity contribution < 1.29 is 8.42 Å². The van der Waals surface area contributed by atoms with Crippen LogP contribution in [0.5, 0.6) is 0 Å². The number of thioether (sulfide) groups is 1. The molecule has 5 heteroatoms. The van der Waals surface area contributed by atoms with Gasteiger partial charge in [-0.2, -0.15) is 4.31 Å². The van der Waals surface area contributed by atoms with Crippen LogP contribution in [0.3, 0.4) is 0 Å². The van der Waals surface area contributed by atoms with E-state index >= 15 is 0 Å². The maximum atomic E-state index is 13.4. The van der Waals surface area contributed by atoms with Crippen molar-refractivity contribution in [1.82, 2.24) is 4.31 Å². The molecule has 0 fully saturated rings. The molecule has 0 saturated heterocycles. The molecule has 0 radical (unpaired) electrons. The van der Waals surface area contributed by atoms with E-state index in [0.29, 0.717) is 18.0 Å². The van der Waals surface area contributed by atoms with Gasteiger partial charge in [-0.05, 0) is 41.8 Å². The second kappa shape index (κ2) is 7.50. The highest BCUT2D eigenvalue weighted by Gasteiger charge is 2.27. The van der Waals surface area contributed by atoms with Crippen molar-refractivity contribution in [2.24, 2.45) is 0 Å². The summed E-state index contributed by atoms with van der Waals surface area (Å²) < 4.78 is 28.4. The normalized spacial score (nSPS) is 15.1. The Balaban J connectivity index is 1.81. The summed E-state index contributed by atoms with van der Waals surface area (Å²) in [5, 5.41) is 0. The molecule has 0 atom stereocenters. The van der Waals surface area contributed by atoms with E-state index in [2.05, 4.69) is 12.1 Å². The second-order valence-corrected chi connectivity index (χ2v) is 9.71. The van der Waals surface area contributed by atoms with Gasteiger partial charge in [0, 0.05) is 23.7 Å². The maximum absolute atomic E-state index is 13.4. The molecule has 0 aromatic heterocycles. The van der Waals surface area contributed by atoms with E-state index in [4.69, 9.17) is 0 Å².